The van der Waals surface area contributed by atoms with Gasteiger partial charge in [0.2, 0.25) is 5.91 Å². The number of nitrogens with zero attached hydrogens (tertiary/aromatic N) is 3. The van der Waals surface area contributed by atoms with Crippen LogP contribution < -0.4 is 4.90 Å². The van der Waals surface area contributed by atoms with Crippen LogP contribution in [0.4, 0.5) is 5.82 Å². The van der Waals surface area contributed by atoms with Gasteiger partial charge in [0.05, 0.1) is 5.41 Å². The summed E-state index contributed by atoms with van der Waals surface area (Å²) in [6.07, 6.45) is 8.94. The van der Waals surface area contributed by atoms with Gasteiger partial charge in [-0.1, -0.05) is 12.2 Å². The first-order valence-corrected chi connectivity index (χ1v) is 4.99. The largest absolute Gasteiger partial charge is 0.299 e. The molecule has 76 valence electrons. The van der Waals surface area contributed by atoms with Crippen LogP contribution in [0.15, 0.2) is 24.7 Å². The summed E-state index contributed by atoms with van der Waals surface area (Å²) < 4.78 is 0. The summed E-state index contributed by atoms with van der Waals surface area (Å²) in [6.45, 7) is 0. The van der Waals surface area contributed by atoms with Crippen molar-refractivity contribution in [2.75, 3.05) is 11.9 Å². The third-order valence-corrected chi connectivity index (χ3v) is 3.34. The first kappa shape index (κ1) is 8.59. The average molecular weight is 201 g/mol. The number of hydrogen-bond acceptors (Lipinski definition) is 3. The molecule has 4 nitrogen and oxygen atoms in total. The lowest BCUT2D eigenvalue weighted by atomic mass is 9.81. The van der Waals surface area contributed by atoms with E-state index < -0.39 is 5.41 Å². The first-order chi connectivity index (χ1) is 7.26. The van der Waals surface area contributed by atoms with Crippen LogP contribution in [0.2, 0.25) is 0 Å². The maximum atomic E-state index is 12.2. The fraction of sp³-hybridized carbons (Fsp3) is 0.364. The van der Waals surface area contributed by atoms with E-state index in [4.69, 9.17) is 0 Å². The molecule has 0 saturated carbocycles. The number of amides is 1. The molecule has 2 heterocycles. The summed E-state index contributed by atoms with van der Waals surface area (Å²) in [5.41, 5.74) is 0.577. The van der Waals surface area contributed by atoms with Crippen LogP contribution in [0.5, 0.6) is 0 Å². The van der Waals surface area contributed by atoms with Crippen LogP contribution in [0, 0.1) is 0 Å². The van der Waals surface area contributed by atoms with Crippen LogP contribution in [0.1, 0.15) is 18.4 Å². The Morgan fingerprint density at radius 2 is 2.13 bits per heavy atom. The number of aromatic nitrogens is 2. The van der Waals surface area contributed by atoms with Crippen molar-refractivity contribution in [2.24, 2.45) is 0 Å². The molecule has 15 heavy (non-hydrogen) atoms. The van der Waals surface area contributed by atoms with Crippen LogP contribution in [0.3, 0.4) is 0 Å². The minimum absolute atomic E-state index is 0.142. The van der Waals surface area contributed by atoms with E-state index in [-0.39, 0.29) is 5.91 Å². The molecule has 0 unspecified atom stereocenters. The molecule has 0 radical (unpaired) electrons. The quantitative estimate of drug-likeness (QED) is 0.589. The topological polar surface area (TPSA) is 46.1 Å². The Balaban J connectivity index is 2.23. The Kier molecular flexibility index (Phi) is 1.52. The van der Waals surface area contributed by atoms with Crippen molar-refractivity contribution >= 4 is 11.7 Å². The number of rotatable bonds is 0. The van der Waals surface area contributed by atoms with Crippen molar-refractivity contribution in [3.05, 3.63) is 30.2 Å². The van der Waals surface area contributed by atoms with E-state index in [2.05, 4.69) is 22.1 Å². The molecule has 1 aromatic heterocycles. The summed E-state index contributed by atoms with van der Waals surface area (Å²) in [5.74, 6) is 0.904. The number of allylic oxidation sites excluding steroid dienone is 2. The second-order valence-corrected chi connectivity index (χ2v) is 4.09. The molecule has 0 atom stereocenters. The van der Waals surface area contributed by atoms with E-state index in [0.717, 1.165) is 24.2 Å². The molecule has 1 amide bonds. The maximum Gasteiger partial charge on any atom is 0.239 e. The van der Waals surface area contributed by atoms with Crippen molar-refractivity contribution in [3.63, 3.8) is 0 Å². The molecule has 0 fully saturated rings. The maximum absolute atomic E-state index is 12.2. The van der Waals surface area contributed by atoms with E-state index in [9.17, 15) is 4.79 Å². The van der Waals surface area contributed by atoms with Crippen LogP contribution >= 0.6 is 0 Å². The van der Waals surface area contributed by atoms with Gasteiger partial charge < -0.3 is 0 Å². The fourth-order valence-corrected chi connectivity index (χ4v) is 2.51. The number of anilines is 1. The van der Waals surface area contributed by atoms with E-state index in [1.165, 1.54) is 6.33 Å². The highest BCUT2D eigenvalue weighted by Crippen LogP contribution is 2.46. The fourth-order valence-electron chi connectivity index (χ4n) is 2.51. The second kappa shape index (κ2) is 2.66. The second-order valence-electron chi connectivity index (χ2n) is 4.09. The molecule has 1 aliphatic heterocycles. The molecule has 4 heteroatoms. The molecule has 0 saturated heterocycles. The molecule has 3 rings (SSSR count). The Hall–Kier alpha value is -1.71. The number of carbonyl (C=O) groups is 1. The lowest BCUT2D eigenvalue weighted by molar-refractivity contribution is -0.122. The summed E-state index contributed by atoms with van der Waals surface area (Å²) in [6, 6.07) is 0. The SMILES string of the molecule is CN1C(=O)C2(CC=CC2)c2cncnc21. The number of fused-ring (bicyclic) bond motifs is 2. The summed E-state index contributed by atoms with van der Waals surface area (Å²) >= 11 is 0. The van der Waals surface area contributed by atoms with Gasteiger partial charge in [-0.15, -0.1) is 0 Å². The van der Waals surface area contributed by atoms with Gasteiger partial charge in [0.25, 0.3) is 0 Å². The molecule has 0 aromatic carbocycles. The lowest BCUT2D eigenvalue weighted by Gasteiger charge is -2.20. The van der Waals surface area contributed by atoms with Crippen molar-refractivity contribution in [3.8, 4) is 0 Å². The third kappa shape index (κ3) is 0.888. The Bertz CT molecular complexity index is 459. The van der Waals surface area contributed by atoms with Crippen molar-refractivity contribution in [1.29, 1.82) is 0 Å². The van der Waals surface area contributed by atoms with Gasteiger partial charge in [-0.2, -0.15) is 0 Å². The van der Waals surface area contributed by atoms with Crippen LogP contribution in [-0.4, -0.2) is 22.9 Å². The van der Waals surface area contributed by atoms with Gasteiger partial charge in [-0.05, 0) is 12.8 Å². The normalized spacial score (nSPS) is 21.4. The number of likely N-dealkylation sites (N-methyl/N-ethyl adjacent to an activating group) is 1. The zero-order valence-corrected chi connectivity index (χ0v) is 8.47. The molecule has 1 aliphatic carbocycles. The molecular weight excluding hydrogens is 190 g/mol. The zero-order valence-electron chi connectivity index (χ0n) is 8.47. The van der Waals surface area contributed by atoms with E-state index >= 15 is 0 Å². The van der Waals surface area contributed by atoms with Crippen molar-refractivity contribution < 1.29 is 4.79 Å². The summed E-state index contributed by atoms with van der Waals surface area (Å²) in [4.78, 5) is 22.0. The highest BCUT2D eigenvalue weighted by atomic mass is 16.2. The highest BCUT2D eigenvalue weighted by molar-refractivity contribution is 6.07. The molecule has 1 aromatic rings. The average Bonchev–Trinajstić information content (AvgIpc) is 2.83. The predicted octanol–water partition coefficient (Wildman–Crippen LogP) is 1.04. The zero-order chi connectivity index (χ0) is 10.5. The van der Waals surface area contributed by atoms with E-state index in [0.29, 0.717) is 0 Å². The van der Waals surface area contributed by atoms with Crippen LogP contribution in [0.25, 0.3) is 0 Å². The van der Waals surface area contributed by atoms with Crippen molar-refractivity contribution in [1.82, 2.24) is 9.97 Å². The first-order valence-electron chi connectivity index (χ1n) is 4.99. The summed E-state index contributed by atoms with van der Waals surface area (Å²) in [7, 11) is 1.78. The molecular formula is C11H11N3O. The molecule has 1 spiro atoms. The van der Waals surface area contributed by atoms with Gasteiger partial charge >= 0.3 is 0 Å². The van der Waals surface area contributed by atoms with Crippen LogP contribution in [-0.2, 0) is 10.2 Å². The lowest BCUT2D eigenvalue weighted by Crippen LogP contribution is -2.36. The van der Waals surface area contributed by atoms with E-state index in [1.54, 1.807) is 18.1 Å². The monoisotopic (exact) mass is 201 g/mol. The predicted molar refractivity (Wildman–Crippen MR) is 55.5 cm³/mol. The Morgan fingerprint density at radius 1 is 1.40 bits per heavy atom. The molecule has 2 aliphatic rings. The highest BCUT2D eigenvalue weighted by Gasteiger charge is 2.50. The number of hydrogen-bond donors (Lipinski definition) is 0. The minimum atomic E-state index is -0.397. The van der Waals surface area contributed by atoms with Gasteiger partial charge in [0.15, 0.2) is 0 Å². The molecule has 0 N–H and O–H groups in total. The Labute approximate surface area is 87.6 Å². The van der Waals surface area contributed by atoms with Gasteiger partial charge in [-0.25, -0.2) is 9.97 Å². The third-order valence-electron chi connectivity index (χ3n) is 3.34. The van der Waals surface area contributed by atoms with Gasteiger partial charge in [0.1, 0.15) is 12.1 Å². The van der Waals surface area contributed by atoms with Gasteiger partial charge in [-0.3, -0.25) is 9.69 Å². The summed E-state index contributed by atoms with van der Waals surface area (Å²) in [5, 5.41) is 0. The van der Waals surface area contributed by atoms with E-state index in [1.807, 2.05) is 0 Å². The molecule has 0 bridgehead atoms. The minimum Gasteiger partial charge on any atom is -0.299 e. The smallest absolute Gasteiger partial charge is 0.239 e. The van der Waals surface area contributed by atoms with Gasteiger partial charge in [0, 0.05) is 18.8 Å². The standard InChI is InChI=1S/C11H11N3O/c1-14-9-8(6-12-7-13-9)11(10(14)15)4-2-3-5-11/h2-3,6-7H,4-5H2,1H3. The number of carbonyl (C=O) groups excluding carboxylic acids is 1. The Morgan fingerprint density at radius 3 is 2.87 bits per heavy atom. The van der Waals surface area contributed by atoms with Crippen molar-refractivity contribution in [2.45, 2.75) is 18.3 Å².